The number of hydrogen-bond acceptors (Lipinski definition) is 4. The van der Waals surface area contributed by atoms with E-state index in [0.717, 1.165) is 27.4 Å². The van der Waals surface area contributed by atoms with Crippen molar-refractivity contribution in [3.63, 3.8) is 0 Å². The van der Waals surface area contributed by atoms with Gasteiger partial charge in [0, 0.05) is 16.5 Å². The van der Waals surface area contributed by atoms with Crippen molar-refractivity contribution < 1.29 is 0 Å². The van der Waals surface area contributed by atoms with E-state index < -0.39 is 0 Å². The zero-order chi connectivity index (χ0) is 14.9. The zero-order valence-corrected chi connectivity index (χ0v) is 13.5. The van der Waals surface area contributed by atoms with Crippen LogP contribution in [0.15, 0.2) is 36.4 Å². The van der Waals surface area contributed by atoms with Gasteiger partial charge in [0.05, 0.1) is 5.39 Å². The molecule has 0 spiro atoms. The normalized spacial score (nSPS) is 15.5. The minimum absolute atomic E-state index is 0.557. The highest BCUT2D eigenvalue weighted by molar-refractivity contribution is 7.18. The zero-order valence-electron chi connectivity index (χ0n) is 12.7. The molecule has 1 fully saturated rings. The molecule has 4 heteroatoms. The Balaban J connectivity index is 1.81. The quantitative estimate of drug-likeness (QED) is 0.738. The molecule has 0 unspecified atom stereocenters. The maximum atomic E-state index is 4.83. The molecular formula is C18H19N3S. The standard InChI is InChI=1S/C18H19N3S/c1-12-11-15-17(19-14-9-5-6-10-14)20-16(21-18(15)22-12)13-7-3-2-4-8-13/h2-4,7-8,11,14H,5-6,9-10H2,1H3,(H,19,20,21). The van der Waals surface area contributed by atoms with E-state index in [9.17, 15) is 0 Å². The van der Waals surface area contributed by atoms with Crippen molar-refractivity contribution in [1.82, 2.24) is 9.97 Å². The van der Waals surface area contributed by atoms with Crippen molar-refractivity contribution in [1.29, 1.82) is 0 Å². The van der Waals surface area contributed by atoms with Crippen LogP contribution < -0.4 is 5.32 Å². The smallest absolute Gasteiger partial charge is 0.163 e. The summed E-state index contributed by atoms with van der Waals surface area (Å²) in [6.45, 7) is 2.13. The highest BCUT2D eigenvalue weighted by atomic mass is 32.1. The van der Waals surface area contributed by atoms with E-state index in [1.54, 1.807) is 11.3 Å². The Hall–Kier alpha value is -1.94. The molecule has 0 amide bonds. The summed E-state index contributed by atoms with van der Waals surface area (Å²) in [5.41, 5.74) is 1.07. The lowest BCUT2D eigenvalue weighted by Gasteiger charge is -2.14. The number of rotatable bonds is 3. The number of benzene rings is 1. The molecule has 1 saturated carbocycles. The fourth-order valence-corrected chi connectivity index (χ4v) is 4.01. The molecule has 3 nitrogen and oxygen atoms in total. The van der Waals surface area contributed by atoms with Gasteiger partial charge in [-0.2, -0.15) is 0 Å². The lowest BCUT2D eigenvalue weighted by molar-refractivity contribution is 0.752. The maximum Gasteiger partial charge on any atom is 0.163 e. The molecule has 0 bridgehead atoms. The molecule has 0 atom stereocenters. The molecule has 0 aliphatic heterocycles. The molecule has 22 heavy (non-hydrogen) atoms. The average molecular weight is 309 g/mol. The minimum atomic E-state index is 0.557. The van der Waals surface area contributed by atoms with Crippen LogP contribution >= 0.6 is 11.3 Å². The van der Waals surface area contributed by atoms with E-state index in [0.29, 0.717) is 6.04 Å². The summed E-state index contributed by atoms with van der Waals surface area (Å²) in [7, 11) is 0. The summed E-state index contributed by atoms with van der Waals surface area (Å²) in [6.07, 6.45) is 5.13. The molecule has 3 aromatic rings. The molecule has 1 aliphatic carbocycles. The number of nitrogens with zero attached hydrogens (tertiary/aromatic N) is 2. The minimum Gasteiger partial charge on any atom is -0.367 e. The molecule has 1 aliphatic rings. The Morgan fingerprint density at radius 2 is 1.86 bits per heavy atom. The first kappa shape index (κ1) is 13.7. The van der Waals surface area contributed by atoms with Crippen LogP contribution in [-0.4, -0.2) is 16.0 Å². The number of hydrogen-bond donors (Lipinski definition) is 1. The summed E-state index contributed by atoms with van der Waals surface area (Å²) < 4.78 is 0. The summed E-state index contributed by atoms with van der Waals surface area (Å²) in [5, 5.41) is 4.82. The van der Waals surface area contributed by atoms with E-state index in [-0.39, 0.29) is 0 Å². The molecule has 0 saturated heterocycles. The van der Waals surface area contributed by atoms with Crippen molar-refractivity contribution in [2.24, 2.45) is 0 Å². The van der Waals surface area contributed by atoms with Crippen molar-refractivity contribution in [3.05, 3.63) is 41.3 Å². The molecule has 112 valence electrons. The van der Waals surface area contributed by atoms with Crippen LogP contribution in [0, 0.1) is 6.92 Å². The molecule has 1 N–H and O–H groups in total. The van der Waals surface area contributed by atoms with Gasteiger partial charge in [-0.1, -0.05) is 43.2 Å². The third-order valence-electron chi connectivity index (χ3n) is 4.24. The number of aryl methyl sites for hydroxylation is 1. The SMILES string of the molecule is Cc1cc2c(NC3CCCC3)nc(-c3ccccc3)nc2s1. The van der Waals surface area contributed by atoms with Crippen LogP contribution in [0.3, 0.4) is 0 Å². The first-order valence-electron chi connectivity index (χ1n) is 7.90. The van der Waals surface area contributed by atoms with E-state index in [4.69, 9.17) is 9.97 Å². The summed E-state index contributed by atoms with van der Waals surface area (Å²) in [6, 6.07) is 13.0. The number of nitrogens with one attached hydrogen (secondary N) is 1. The number of fused-ring (bicyclic) bond motifs is 1. The van der Waals surface area contributed by atoms with Crippen LogP contribution in [0.4, 0.5) is 5.82 Å². The van der Waals surface area contributed by atoms with Gasteiger partial charge in [-0.15, -0.1) is 11.3 Å². The third kappa shape index (κ3) is 2.59. The van der Waals surface area contributed by atoms with Gasteiger partial charge in [0.1, 0.15) is 10.6 Å². The third-order valence-corrected chi connectivity index (χ3v) is 5.19. The lowest BCUT2D eigenvalue weighted by Crippen LogP contribution is -2.16. The number of aromatic nitrogens is 2. The second-order valence-corrected chi connectivity index (χ2v) is 7.20. The Kier molecular flexibility index (Phi) is 3.54. The molecule has 4 rings (SSSR count). The maximum absolute atomic E-state index is 4.83. The predicted octanol–water partition coefficient (Wildman–Crippen LogP) is 5.02. The second-order valence-electron chi connectivity index (χ2n) is 5.96. The van der Waals surface area contributed by atoms with E-state index >= 15 is 0 Å². The largest absolute Gasteiger partial charge is 0.367 e. The molecule has 2 heterocycles. The topological polar surface area (TPSA) is 37.8 Å². The van der Waals surface area contributed by atoms with Crippen LogP contribution in [0.1, 0.15) is 30.6 Å². The van der Waals surface area contributed by atoms with Crippen LogP contribution in [-0.2, 0) is 0 Å². The van der Waals surface area contributed by atoms with Gasteiger partial charge in [0.2, 0.25) is 0 Å². The Morgan fingerprint density at radius 1 is 1.09 bits per heavy atom. The Labute approximate surface area is 134 Å². The average Bonchev–Trinajstić information content (AvgIpc) is 3.16. The first-order valence-corrected chi connectivity index (χ1v) is 8.71. The highest BCUT2D eigenvalue weighted by Gasteiger charge is 2.18. The molecule has 2 aromatic heterocycles. The van der Waals surface area contributed by atoms with Gasteiger partial charge in [-0.05, 0) is 25.8 Å². The summed E-state index contributed by atoms with van der Waals surface area (Å²) >= 11 is 1.74. The monoisotopic (exact) mass is 309 g/mol. The molecule has 0 radical (unpaired) electrons. The van der Waals surface area contributed by atoms with Crippen molar-refractivity contribution >= 4 is 27.4 Å². The van der Waals surface area contributed by atoms with E-state index in [1.165, 1.54) is 30.6 Å². The van der Waals surface area contributed by atoms with Gasteiger partial charge in [-0.25, -0.2) is 9.97 Å². The van der Waals surface area contributed by atoms with E-state index in [1.807, 2.05) is 18.2 Å². The van der Waals surface area contributed by atoms with Gasteiger partial charge >= 0.3 is 0 Å². The fraction of sp³-hybridized carbons (Fsp3) is 0.333. The van der Waals surface area contributed by atoms with Crippen LogP contribution in [0.5, 0.6) is 0 Å². The summed E-state index contributed by atoms with van der Waals surface area (Å²) in [4.78, 5) is 12.0. The summed E-state index contributed by atoms with van der Waals surface area (Å²) in [5.74, 6) is 1.82. The Bertz CT molecular complexity index is 789. The molecule has 1 aromatic carbocycles. The van der Waals surface area contributed by atoms with Crippen molar-refractivity contribution in [3.8, 4) is 11.4 Å². The van der Waals surface area contributed by atoms with Crippen LogP contribution in [0.2, 0.25) is 0 Å². The number of anilines is 1. The van der Waals surface area contributed by atoms with Gasteiger partial charge < -0.3 is 5.32 Å². The van der Waals surface area contributed by atoms with E-state index in [2.05, 4.69) is 30.4 Å². The number of thiophene rings is 1. The van der Waals surface area contributed by atoms with Gasteiger partial charge in [0.15, 0.2) is 5.82 Å². The second kappa shape index (κ2) is 5.69. The molecular weight excluding hydrogens is 290 g/mol. The van der Waals surface area contributed by atoms with Crippen LogP contribution in [0.25, 0.3) is 21.6 Å². The highest BCUT2D eigenvalue weighted by Crippen LogP contribution is 2.32. The predicted molar refractivity (Wildman–Crippen MR) is 93.5 cm³/mol. The van der Waals surface area contributed by atoms with Gasteiger partial charge in [-0.3, -0.25) is 0 Å². The first-order chi connectivity index (χ1) is 10.8. The van der Waals surface area contributed by atoms with Crippen molar-refractivity contribution in [2.45, 2.75) is 38.6 Å². The fourth-order valence-electron chi connectivity index (χ4n) is 3.13. The lowest BCUT2D eigenvalue weighted by atomic mass is 10.2. The Morgan fingerprint density at radius 3 is 2.64 bits per heavy atom. The van der Waals surface area contributed by atoms with Crippen molar-refractivity contribution in [2.75, 3.05) is 5.32 Å². The van der Waals surface area contributed by atoms with Gasteiger partial charge in [0.25, 0.3) is 0 Å².